The number of amides is 1. The van der Waals surface area contributed by atoms with E-state index in [4.69, 9.17) is 0 Å². The molecule has 4 rings (SSSR count). The predicted molar refractivity (Wildman–Crippen MR) is 116 cm³/mol. The van der Waals surface area contributed by atoms with E-state index >= 15 is 0 Å². The molecule has 0 radical (unpaired) electrons. The fourth-order valence-electron chi connectivity index (χ4n) is 5.14. The molecule has 4 atom stereocenters. The molecule has 6 nitrogen and oxygen atoms in total. The molecule has 2 N–H and O–H groups in total. The first-order valence-electron chi connectivity index (χ1n) is 10.9. The number of aromatic nitrogens is 2. The first kappa shape index (κ1) is 21.7. The second-order valence-corrected chi connectivity index (χ2v) is 9.24. The SMILES string of the molecule is CC(O)CN(CC(C)O)C(=O)[C@H]1CCC2=Cc3c(cnn3-c3ccc(F)cc3)C[C@@]21C. The van der Waals surface area contributed by atoms with Gasteiger partial charge >= 0.3 is 0 Å². The van der Waals surface area contributed by atoms with Gasteiger partial charge in [0, 0.05) is 24.4 Å². The number of aliphatic hydroxyl groups is 2. The van der Waals surface area contributed by atoms with Crippen molar-refractivity contribution < 1.29 is 19.4 Å². The predicted octanol–water partition coefficient (Wildman–Crippen LogP) is 2.96. The molecule has 1 saturated carbocycles. The van der Waals surface area contributed by atoms with Crippen LogP contribution in [0.2, 0.25) is 0 Å². The molecule has 2 aliphatic rings. The second-order valence-electron chi connectivity index (χ2n) is 9.24. The monoisotopic (exact) mass is 427 g/mol. The number of benzene rings is 1. The van der Waals surface area contributed by atoms with Crippen molar-refractivity contribution in [3.05, 3.63) is 53.1 Å². The number of carbonyl (C=O) groups is 1. The van der Waals surface area contributed by atoms with Crippen molar-refractivity contribution in [1.29, 1.82) is 0 Å². The van der Waals surface area contributed by atoms with Crippen molar-refractivity contribution in [1.82, 2.24) is 14.7 Å². The molecule has 0 spiro atoms. The maximum absolute atomic E-state index is 13.5. The average Bonchev–Trinajstić information content (AvgIpc) is 3.24. The summed E-state index contributed by atoms with van der Waals surface area (Å²) in [5.41, 5.74) is 3.74. The van der Waals surface area contributed by atoms with E-state index in [0.717, 1.165) is 29.8 Å². The standard InChI is InChI=1S/C24H30FN3O3/c1-15(29)13-27(14-16(2)30)23(31)21-9-4-18-10-22-17(11-24(18,21)3)12-26-28(22)20-7-5-19(25)6-8-20/h5-8,10,12,15-16,21,29-30H,4,9,11,13-14H2,1-3H3/t15?,16?,21-,24+/m1/s1. The number of allylic oxidation sites excluding steroid dienone is 1. The van der Waals surface area contributed by atoms with E-state index in [1.807, 2.05) is 10.9 Å². The molecular formula is C24H30FN3O3. The molecule has 1 fully saturated rings. The van der Waals surface area contributed by atoms with Gasteiger partial charge in [-0.15, -0.1) is 0 Å². The van der Waals surface area contributed by atoms with Crippen LogP contribution in [0.15, 0.2) is 36.0 Å². The molecule has 7 heteroatoms. The molecule has 1 aromatic carbocycles. The molecule has 2 unspecified atom stereocenters. The highest BCUT2D eigenvalue weighted by Crippen LogP contribution is 2.53. The zero-order valence-electron chi connectivity index (χ0n) is 18.3. The van der Waals surface area contributed by atoms with Crippen molar-refractivity contribution in [3.8, 4) is 5.69 Å². The third-order valence-corrected chi connectivity index (χ3v) is 6.61. The van der Waals surface area contributed by atoms with Crippen LogP contribution < -0.4 is 0 Å². The minimum Gasteiger partial charge on any atom is -0.392 e. The van der Waals surface area contributed by atoms with Crippen LogP contribution in [0.3, 0.4) is 0 Å². The summed E-state index contributed by atoms with van der Waals surface area (Å²) < 4.78 is 15.2. The highest BCUT2D eigenvalue weighted by molar-refractivity contribution is 5.82. The Morgan fingerprint density at radius 2 is 1.90 bits per heavy atom. The van der Waals surface area contributed by atoms with E-state index in [2.05, 4.69) is 18.1 Å². The average molecular weight is 428 g/mol. The smallest absolute Gasteiger partial charge is 0.226 e. The minimum absolute atomic E-state index is 0.0120. The van der Waals surface area contributed by atoms with E-state index in [-0.39, 0.29) is 36.1 Å². The Labute approximate surface area is 182 Å². The molecule has 2 aliphatic carbocycles. The van der Waals surface area contributed by atoms with Gasteiger partial charge in [0.05, 0.1) is 29.8 Å². The lowest BCUT2D eigenvalue weighted by Gasteiger charge is -2.38. The van der Waals surface area contributed by atoms with Crippen molar-refractivity contribution in [2.75, 3.05) is 13.1 Å². The highest BCUT2D eigenvalue weighted by atomic mass is 19.1. The first-order valence-corrected chi connectivity index (χ1v) is 10.9. The molecule has 166 valence electrons. The fraction of sp³-hybridized carbons (Fsp3) is 0.500. The Balaban J connectivity index is 1.63. The van der Waals surface area contributed by atoms with Gasteiger partial charge in [-0.05, 0) is 69.0 Å². The largest absolute Gasteiger partial charge is 0.392 e. The molecule has 31 heavy (non-hydrogen) atoms. The normalized spacial score (nSPS) is 24.2. The van der Waals surface area contributed by atoms with Gasteiger partial charge in [0.15, 0.2) is 0 Å². The van der Waals surface area contributed by atoms with Crippen LogP contribution in [0.5, 0.6) is 0 Å². The highest BCUT2D eigenvalue weighted by Gasteiger charge is 2.49. The van der Waals surface area contributed by atoms with E-state index in [1.165, 1.54) is 17.7 Å². The lowest BCUT2D eigenvalue weighted by molar-refractivity contribution is -0.141. The van der Waals surface area contributed by atoms with Crippen LogP contribution in [0.1, 0.15) is 44.9 Å². The van der Waals surface area contributed by atoms with Gasteiger partial charge in [-0.3, -0.25) is 4.79 Å². The number of halogens is 1. The summed E-state index contributed by atoms with van der Waals surface area (Å²) in [4.78, 5) is 15.1. The quantitative estimate of drug-likeness (QED) is 0.743. The molecule has 1 aromatic heterocycles. The van der Waals surface area contributed by atoms with Gasteiger partial charge in [-0.2, -0.15) is 5.10 Å². The topological polar surface area (TPSA) is 78.6 Å². The maximum atomic E-state index is 13.5. The van der Waals surface area contributed by atoms with E-state index < -0.39 is 12.2 Å². The molecule has 1 amide bonds. The summed E-state index contributed by atoms with van der Waals surface area (Å²) in [6.07, 6.45) is 4.92. The van der Waals surface area contributed by atoms with E-state index in [9.17, 15) is 19.4 Å². The fourth-order valence-corrected chi connectivity index (χ4v) is 5.14. The van der Waals surface area contributed by atoms with Gasteiger partial charge in [0.2, 0.25) is 5.91 Å². The third kappa shape index (κ3) is 4.04. The van der Waals surface area contributed by atoms with E-state index in [1.54, 1.807) is 30.9 Å². The molecule has 2 aromatic rings. The van der Waals surface area contributed by atoms with Gasteiger partial charge < -0.3 is 15.1 Å². The number of nitrogens with zero attached hydrogens (tertiary/aromatic N) is 3. The van der Waals surface area contributed by atoms with Crippen molar-refractivity contribution >= 4 is 12.0 Å². The zero-order valence-corrected chi connectivity index (χ0v) is 18.3. The third-order valence-electron chi connectivity index (χ3n) is 6.61. The summed E-state index contributed by atoms with van der Waals surface area (Å²) >= 11 is 0. The van der Waals surface area contributed by atoms with Gasteiger partial charge in [-0.1, -0.05) is 12.5 Å². The number of fused-ring (bicyclic) bond motifs is 2. The molecular weight excluding hydrogens is 397 g/mol. The van der Waals surface area contributed by atoms with Crippen molar-refractivity contribution in [3.63, 3.8) is 0 Å². The number of carbonyl (C=O) groups excluding carboxylic acids is 1. The van der Waals surface area contributed by atoms with Crippen molar-refractivity contribution in [2.24, 2.45) is 11.3 Å². The van der Waals surface area contributed by atoms with Crippen LogP contribution in [0, 0.1) is 17.2 Å². The number of rotatable bonds is 6. The van der Waals surface area contributed by atoms with Crippen LogP contribution in [0.4, 0.5) is 4.39 Å². The van der Waals surface area contributed by atoms with Crippen LogP contribution in [-0.4, -0.2) is 56.1 Å². The lowest BCUT2D eigenvalue weighted by Crippen LogP contribution is -2.47. The minimum atomic E-state index is -0.654. The molecule has 1 heterocycles. The summed E-state index contributed by atoms with van der Waals surface area (Å²) in [5.74, 6) is -0.507. The first-order chi connectivity index (χ1) is 14.7. The van der Waals surface area contributed by atoms with Crippen LogP contribution in [-0.2, 0) is 11.2 Å². The van der Waals surface area contributed by atoms with Gasteiger partial charge in [0.25, 0.3) is 0 Å². The summed E-state index contributed by atoms with van der Waals surface area (Å²) in [6.45, 7) is 5.86. The van der Waals surface area contributed by atoms with Crippen molar-refractivity contribution in [2.45, 2.75) is 52.2 Å². The summed E-state index contributed by atoms with van der Waals surface area (Å²) in [5, 5.41) is 24.2. The Bertz CT molecular complexity index is 986. The Morgan fingerprint density at radius 1 is 1.26 bits per heavy atom. The zero-order chi connectivity index (χ0) is 22.3. The van der Waals surface area contributed by atoms with Crippen LogP contribution >= 0.6 is 0 Å². The summed E-state index contributed by atoms with van der Waals surface area (Å²) in [6, 6.07) is 6.26. The lowest BCUT2D eigenvalue weighted by atomic mass is 9.69. The Morgan fingerprint density at radius 3 is 2.52 bits per heavy atom. The summed E-state index contributed by atoms with van der Waals surface area (Å²) in [7, 11) is 0. The van der Waals surface area contributed by atoms with E-state index in [0.29, 0.717) is 6.42 Å². The van der Waals surface area contributed by atoms with Crippen LogP contribution in [0.25, 0.3) is 11.8 Å². The maximum Gasteiger partial charge on any atom is 0.226 e. The number of hydrogen-bond donors (Lipinski definition) is 2. The molecule has 0 saturated heterocycles. The molecule has 0 aliphatic heterocycles. The number of aliphatic hydroxyl groups excluding tert-OH is 2. The second kappa shape index (κ2) is 8.20. The van der Waals surface area contributed by atoms with Gasteiger partial charge in [-0.25, -0.2) is 9.07 Å². The molecule has 0 bridgehead atoms. The Hall–Kier alpha value is -2.51. The Kier molecular flexibility index (Phi) is 5.75. The van der Waals surface area contributed by atoms with Gasteiger partial charge in [0.1, 0.15) is 5.82 Å². The number of hydrogen-bond acceptors (Lipinski definition) is 4.